The lowest BCUT2D eigenvalue weighted by Crippen LogP contribution is -2.41. The minimum absolute atomic E-state index is 0.0131. The van der Waals surface area contributed by atoms with Crippen LogP contribution in [0.3, 0.4) is 0 Å². The van der Waals surface area contributed by atoms with Crippen molar-refractivity contribution in [2.24, 2.45) is 0 Å². The molecule has 3 nitrogen and oxygen atoms in total. The molecule has 1 aromatic carbocycles. The van der Waals surface area contributed by atoms with E-state index >= 15 is 0 Å². The summed E-state index contributed by atoms with van der Waals surface area (Å²) in [4.78, 5) is 0. The zero-order valence-electron chi connectivity index (χ0n) is 8.62. The first-order valence-corrected chi connectivity index (χ1v) is 5.49. The molecule has 2 aliphatic rings. The zero-order valence-corrected chi connectivity index (χ0v) is 8.62. The standard InChI is InChI=1S/C12H15NO2/c14-10-2-1-9-3-4-12(5-6-13-8-12)15-11(9)7-10/h1-2,7,13-14H,3-6,8H2. The Morgan fingerprint density at radius 3 is 3.07 bits per heavy atom. The Hall–Kier alpha value is -1.22. The van der Waals surface area contributed by atoms with Gasteiger partial charge < -0.3 is 15.2 Å². The number of aryl methyl sites for hydroxylation is 1. The molecule has 2 N–H and O–H groups in total. The molecule has 0 bridgehead atoms. The predicted octanol–water partition coefficient (Wildman–Crippen LogP) is 1.45. The highest BCUT2D eigenvalue weighted by molar-refractivity contribution is 5.42. The minimum Gasteiger partial charge on any atom is -0.508 e. The quantitative estimate of drug-likeness (QED) is 0.673. The largest absolute Gasteiger partial charge is 0.508 e. The molecule has 0 aliphatic carbocycles. The van der Waals surface area contributed by atoms with Crippen LogP contribution in [0.5, 0.6) is 11.5 Å². The van der Waals surface area contributed by atoms with Crippen LogP contribution in [0.4, 0.5) is 0 Å². The fourth-order valence-electron chi connectivity index (χ4n) is 2.51. The first kappa shape index (κ1) is 9.04. The van der Waals surface area contributed by atoms with Crippen molar-refractivity contribution in [1.29, 1.82) is 0 Å². The van der Waals surface area contributed by atoms with Crippen molar-refractivity contribution in [3.63, 3.8) is 0 Å². The molecular weight excluding hydrogens is 190 g/mol. The molecule has 1 unspecified atom stereocenters. The third-order valence-electron chi connectivity index (χ3n) is 3.43. The van der Waals surface area contributed by atoms with E-state index in [4.69, 9.17) is 4.74 Å². The van der Waals surface area contributed by atoms with Gasteiger partial charge in [-0.25, -0.2) is 0 Å². The van der Waals surface area contributed by atoms with Gasteiger partial charge in [-0.1, -0.05) is 6.07 Å². The van der Waals surface area contributed by atoms with E-state index in [0.717, 1.165) is 38.1 Å². The van der Waals surface area contributed by atoms with Crippen LogP contribution in [-0.4, -0.2) is 23.8 Å². The second-order valence-electron chi connectivity index (χ2n) is 4.50. The third kappa shape index (κ3) is 1.47. The molecule has 1 atom stereocenters. The van der Waals surface area contributed by atoms with Crippen molar-refractivity contribution in [1.82, 2.24) is 5.32 Å². The van der Waals surface area contributed by atoms with Crippen LogP contribution in [0, 0.1) is 0 Å². The molecule has 3 heteroatoms. The van der Waals surface area contributed by atoms with E-state index < -0.39 is 0 Å². The van der Waals surface area contributed by atoms with Gasteiger partial charge in [-0.05, 0) is 31.0 Å². The highest BCUT2D eigenvalue weighted by Gasteiger charge is 2.38. The average Bonchev–Trinajstić information content (AvgIpc) is 2.66. The van der Waals surface area contributed by atoms with E-state index in [2.05, 4.69) is 5.32 Å². The number of ether oxygens (including phenoxy) is 1. The monoisotopic (exact) mass is 205 g/mol. The Morgan fingerprint density at radius 1 is 1.33 bits per heavy atom. The SMILES string of the molecule is Oc1ccc2c(c1)OC1(CCNC1)CC2. The lowest BCUT2D eigenvalue weighted by atomic mass is 9.90. The van der Waals surface area contributed by atoms with Crippen molar-refractivity contribution < 1.29 is 9.84 Å². The topological polar surface area (TPSA) is 41.5 Å². The molecule has 1 spiro atoms. The molecule has 15 heavy (non-hydrogen) atoms. The number of nitrogens with one attached hydrogen (secondary N) is 1. The number of benzene rings is 1. The van der Waals surface area contributed by atoms with Gasteiger partial charge in [0.2, 0.25) is 0 Å². The average molecular weight is 205 g/mol. The van der Waals surface area contributed by atoms with Crippen LogP contribution in [0.25, 0.3) is 0 Å². The van der Waals surface area contributed by atoms with Crippen LogP contribution in [0.15, 0.2) is 18.2 Å². The van der Waals surface area contributed by atoms with Gasteiger partial charge in [0.15, 0.2) is 0 Å². The van der Waals surface area contributed by atoms with Crippen LogP contribution < -0.4 is 10.1 Å². The third-order valence-corrected chi connectivity index (χ3v) is 3.43. The zero-order chi connectivity index (χ0) is 10.3. The normalized spacial score (nSPS) is 28.8. The molecule has 80 valence electrons. The van der Waals surface area contributed by atoms with Crippen molar-refractivity contribution >= 4 is 0 Å². The second kappa shape index (κ2) is 3.14. The van der Waals surface area contributed by atoms with Crippen molar-refractivity contribution in [3.05, 3.63) is 23.8 Å². The van der Waals surface area contributed by atoms with Gasteiger partial charge in [-0.2, -0.15) is 0 Å². The number of hydrogen-bond donors (Lipinski definition) is 2. The van der Waals surface area contributed by atoms with E-state index in [1.807, 2.05) is 6.07 Å². The summed E-state index contributed by atoms with van der Waals surface area (Å²) in [5.74, 6) is 1.15. The smallest absolute Gasteiger partial charge is 0.127 e. The molecule has 3 rings (SSSR count). The molecule has 0 aromatic heterocycles. The molecule has 2 aliphatic heterocycles. The number of fused-ring (bicyclic) bond motifs is 1. The van der Waals surface area contributed by atoms with Gasteiger partial charge in [0.25, 0.3) is 0 Å². The lowest BCUT2D eigenvalue weighted by molar-refractivity contribution is 0.0662. The summed E-state index contributed by atoms with van der Waals surface area (Å²) in [6.07, 6.45) is 3.21. The van der Waals surface area contributed by atoms with Gasteiger partial charge >= 0.3 is 0 Å². The summed E-state index contributed by atoms with van der Waals surface area (Å²) in [5.41, 5.74) is 1.20. The van der Waals surface area contributed by atoms with Crippen LogP contribution in [0.1, 0.15) is 18.4 Å². The van der Waals surface area contributed by atoms with Gasteiger partial charge in [0.05, 0.1) is 0 Å². The maximum Gasteiger partial charge on any atom is 0.127 e. The molecule has 0 amide bonds. The molecule has 0 radical (unpaired) electrons. The van der Waals surface area contributed by atoms with Gasteiger partial charge in [-0.15, -0.1) is 0 Å². The van der Waals surface area contributed by atoms with Gasteiger partial charge in [-0.3, -0.25) is 0 Å². The summed E-state index contributed by atoms with van der Waals surface area (Å²) in [6, 6.07) is 5.42. The van der Waals surface area contributed by atoms with E-state index in [-0.39, 0.29) is 11.4 Å². The number of aromatic hydroxyl groups is 1. The summed E-state index contributed by atoms with van der Waals surface area (Å²) in [5, 5.41) is 12.8. The van der Waals surface area contributed by atoms with Crippen molar-refractivity contribution in [3.8, 4) is 11.5 Å². The summed E-state index contributed by atoms with van der Waals surface area (Å²) < 4.78 is 6.04. The highest BCUT2D eigenvalue weighted by atomic mass is 16.5. The molecule has 1 saturated heterocycles. The minimum atomic E-state index is -0.0131. The summed E-state index contributed by atoms with van der Waals surface area (Å²) in [7, 11) is 0. The molecule has 0 saturated carbocycles. The van der Waals surface area contributed by atoms with Crippen LogP contribution in [-0.2, 0) is 6.42 Å². The first-order chi connectivity index (χ1) is 7.27. The van der Waals surface area contributed by atoms with E-state index in [0.29, 0.717) is 0 Å². The van der Waals surface area contributed by atoms with E-state index in [1.54, 1.807) is 12.1 Å². The maximum absolute atomic E-state index is 9.42. The fourth-order valence-corrected chi connectivity index (χ4v) is 2.51. The Bertz CT molecular complexity index is 383. The maximum atomic E-state index is 9.42. The first-order valence-electron chi connectivity index (χ1n) is 5.49. The van der Waals surface area contributed by atoms with Gasteiger partial charge in [0.1, 0.15) is 17.1 Å². The Labute approximate surface area is 89.1 Å². The molecule has 2 heterocycles. The molecular formula is C12H15NO2. The molecule has 1 aromatic rings. The second-order valence-corrected chi connectivity index (χ2v) is 4.50. The Balaban J connectivity index is 1.94. The number of phenolic OH excluding ortho intramolecular Hbond substituents is 1. The number of rotatable bonds is 0. The summed E-state index contributed by atoms with van der Waals surface area (Å²) >= 11 is 0. The van der Waals surface area contributed by atoms with Crippen LogP contribution >= 0.6 is 0 Å². The lowest BCUT2D eigenvalue weighted by Gasteiger charge is -2.35. The Morgan fingerprint density at radius 2 is 2.27 bits per heavy atom. The van der Waals surface area contributed by atoms with Crippen molar-refractivity contribution in [2.45, 2.75) is 24.9 Å². The van der Waals surface area contributed by atoms with E-state index in [1.165, 1.54) is 5.56 Å². The highest BCUT2D eigenvalue weighted by Crippen LogP contribution is 2.38. The summed E-state index contributed by atoms with van der Waals surface area (Å²) in [6.45, 7) is 1.97. The number of hydrogen-bond acceptors (Lipinski definition) is 3. The van der Waals surface area contributed by atoms with Crippen LogP contribution in [0.2, 0.25) is 0 Å². The molecule has 1 fully saturated rings. The van der Waals surface area contributed by atoms with Crippen molar-refractivity contribution in [2.75, 3.05) is 13.1 Å². The van der Waals surface area contributed by atoms with Gasteiger partial charge in [0, 0.05) is 19.0 Å². The van der Waals surface area contributed by atoms with E-state index in [9.17, 15) is 5.11 Å². The predicted molar refractivity (Wildman–Crippen MR) is 57.3 cm³/mol. The Kier molecular flexibility index (Phi) is 1.89. The number of phenols is 1. The fraction of sp³-hybridized carbons (Fsp3) is 0.500.